The first-order valence-electron chi connectivity index (χ1n) is 11.3. The number of hydrogen-bond donors (Lipinski definition) is 2. The van der Waals surface area contributed by atoms with Crippen LogP contribution in [-0.4, -0.2) is 78.9 Å². The average Bonchev–Trinajstić information content (AvgIpc) is 2.95. The van der Waals surface area contributed by atoms with Gasteiger partial charge in [0.1, 0.15) is 23.8 Å². The predicted octanol–water partition coefficient (Wildman–Crippen LogP) is 2.61. The molecule has 174 valence electrons. The number of ether oxygens (including phenoxy) is 2. The minimum atomic E-state index is -1.15. The van der Waals surface area contributed by atoms with Crippen LogP contribution in [0.4, 0.5) is 10.1 Å². The summed E-state index contributed by atoms with van der Waals surface area (Å²) in [6.45, 7) is 5.74. The molecule has 7 heteroatoms. The number of benzene rings is 2. The smallest absolute Gasteiger partial charge is 0.134 e. The highest BCUT2D eigenvalue weighted by Crippen LogP contribution is 2.28. The zero-order valence-electron chi connectivity index (χ0n) is 18.7. The molecule has 2 fully saturated rings. The molecule has 0 spiro atoms. The van der Waals surface area contributed by atoms with Gasteiger partial charge in [0, 0.05) is 38.4 Å². The fraction of sp³-hybridized carbons (Fsp3) is 0.520. The molecule has 0 amide bonds. The number of hydrogen-bond acceptors (Lipinski definition) is 6. The lowest BCUT2D eigenvalue weighted by Gasteiger charge is -2.42. The maximum Gasteiger partial charge on any atom is 0.134 e. The summed E-state index contributed by atoms with van der Waals surface area (Å²) >= 11 is 0. The highest BCUT2D eigenvalue weighted by Gasteiger charge is 2.39. The van der Waals surface area contributed by atoms with E-state index in [4.69, 9.17) is 9.47 Å². The van der Waals surface area contributed by atoms with Gasteiger partial charge < -0.3 is 24.6 Å². The maximum atomic E-state index is 13.2. The van der Waals surface area contributed by atoms with Crippen LogP contribution in [0.15, 0.2) is 48.5 Å². The molecule has 2 heterocycles. The number of anilines is 1. The lowest BCUT2D eigenvalue weighted by atomic mass is 9.90. The van der Waals surface area contributed by atoms with Crippen molar-refractivity contribution in [1.29, 1.82) is 0 Å². The van der Waals surface area contributed by atoms with Crippen molar-refractivity contribution in [2.24, 2.45) is 0 Å². The fourth-order valence-corrected chi connectivity index (χ4v) is 4.55. The Morgan fingerprint density at radius 1 is 1.03 bits per heavy atom. The fourth-order valence-electron chi connectivity index (χ4n) is 4.55. The van der Waals surface area contributed by atoms with Gasteiger partial charge in [-0.15, -0.1) is 0 Å². The first-order valence-corrected chi connectivity index (χ1v) is 11.3. The van der Waals surface area contributed by atoms with Crippen molar-refractivity contribution in [3.8, 4) is 5.75 Å². The Labute approximate surface area is 189 Å². The van der Waals surface area contributed by atoms with Crippen LogP contribution in [0.25, 0.3) is 0 Å². The van der Waals surface area contributed by atoms with Gasteiger partial charge in [0.15, 0.2) is 0 Å². The molecule has 2 N–H and O–H groups in total. The molecule has 2 aliphatic heterocycles. The predicted molar refractivity (Wildman–Crippen MR) is 122 cm³/mol. The summed E-state index contributed by atoms with van der Waals surface area (Å²) in [7, 11) is 0. The minimum absolute atomic E-state index is 0.129. The summed E-state index contributed by atoms with van der Waals surface area (Å²) in [6, 6.07) is 14.2. The molecule has 6 nitrogen and oxygen atoms in total. The van der Waals surface area contributed by atoms with Crippen molar-refractivity contribution in [3.05, 3.63) is 59.9 Å². The van der Waals surface area contributed by atoms with Crippen molar-refractivity contribution < 1.29 is 24.1 Å². The second kappa shape index (κ2) is 9.75. The third-order valence-corrected chi connectivity index (χ3v) is 6.34. The summed E-state index contributed by atoms with van der Waals surface area (Å²) in [5.74, 6) is 0.477. The van der Waals surface area contributed by atoms with E-state index in [9.17, 15) is 14.6 Å². The van der Waals surface area contributed by atoms with Gasteiger partial charge in [-0.3, -0.25) is 4.90 Å². The highest BCUT2D eigenvalue weighted by atomic mass is 19.1. The number of halogens is 1. The summed E-state index contributed by atoms with van der Waals surface area (Å²) in [5.41, 5.74) is 0.0895. The molecule has 0 aliphatic carbocycles. The van der Waals surface area contributed by atoms with E-state index in [2.05, 4.69) is 9.80 Å². The van der Waals surface area contributed by atoms with E-state index < -0.39 is 11.2 Å². The van der Waals surface area contributed by atoms with E-state index in [1.165, 1.54) is 12.1 Å². The standard InChI is InChI=1S/C25H33FN2O4/c1-20-3-2-4-23(15-20)32-19-25(30)17-27(13-14-31-18-25)16-24(29)9-11-28(12-10-24)22-7-5-21(26)6-8-22/h2-8,15,29-30H,9-14,16-19H2,1H3. The van der Waals surface area contributed by atoms with Crippen LogP contribution < -0.4 is 9.64 Å². The molecule has 0 bridgehead atoms. The van der Waals surface area contributed by atoms with Gasteiger partial charge in [0.05, 0.1) is 18.8 Å². The summed E-state index contributed by atoms with van der Waals surface area (Å²) in [5, 5.41) is 22.4. The van der Waals surface area contributed by atoms with Gasteiger partial charge in [0.25, 0.3) is 0 Å². The summed E-state index contributed by atoms with van der Waals surface area (Å²) in [6.07, 6.45) is 1.22. The van der Waals surface area contributed by atoms with Crippen molar-refractivity contribution >= 4 is 5.69 Å². The molecule has 0 radical (unpaired) electrons. The van der Waals surface area contributed by atoms with Crippen LogP contribution in [-0.2, 0) is 4.74 Å². The van der Waals surface area contributed by atoms with Crippen molar-refractivity contribution in [3.63, 3.8) is 0 Å². The zero-order chi connectivity index (χ0) is 22.6. The summed E-state index contributed by atoms with van der Waals surface area (Å²) in [4.78, 5) is 4.26. The van der Waals surface area contributed by atoms with Gasteiger partial charge in [-0.1, -0.05) is 12.1 Å². The topological polar surface area (TPSA) is 65.4 Å². The first kappa shape index (κ1) is 23.0. The lowest BCUT2D eigenvalue weighted by molar-refractivity contribution is -0.0742. The van der Waals surface area contributed by atoms with Gasteiger partial charge in [-0.05, 0) is 61.7 Å². The number of nitrogens with zero attached hydrogens (tertiary/aromatic N) is 2. The van der Waals surface area contributed by atoms with Crippen LogP contribution in [0.3, 0.4) is 0 Å². The van der Waals surface area contributed by atoms with Crippen molar-refractivity contribution in [2.75, 3.05) is 57.4 Å². The number of piperidine rings is 1. The van der Waals surface area contributed by atoms with E-state index in [0.29, 0.717) is 52.2 Å². The Balaban J connectivity index is 1.33. The monoisotopic (exact) mass is 444 g/mol. The van der Waals surface area contributed by atoms with Crippen molar-refractivity contribution in [1.82, 2.24) is 4.90 Å². The van der Waals surface area contributed by atoms with Crippen LogP contribution in [0.2, 0.25) is 0 Å². The average molecular weight is 445 g/mol. The molecule has 2 aromatic carbocycles. The van der Waals surface area contributed by atoms with Crippen molar-refractivity contribution in [2.45, 2.75) is 31.0 Å². The molecule has 2 aliphatic rings. The largest absolute Gasteiger partial charge is 0.490 e. The molecule has 1 atom stereocenters. The SMILES string of the molecule is Cc1cccc(OCC2(O)COCCN(CC3(O)CCN(c4ccc(F)cc4)CC3)C2)c1. The first-order chi connectivity index (χ1) is 15.3. The summed E-state index contributed by atoms with van der Waals surface area (Å²) < 4.78 is 24.7. The van der Waals surface area contributed by atoms with E-state index in [1.54, 1.807) is 12.1 Å². The highest BCUT2D eigenvalue weighted by molar-refractivity contribution is 5.46. The second-order valence-corrected chi connectivity index (χ2v) is 9.28. The zero-order valence-corrected chi connectivity index (χ0v) is 18.7. The minimum Gasteiger partial charge on any atom is -0.490 e. The maximum absolute atomic E-state index is 13.2. The lowest BCUT2D eigenvalue weighted by Crippen LogP contribution is -2.55. The van der Waals surface area contributed by atoms with E-state index in [1.807, 2.05) is 31.2 Å². The number of β-amino-alcohol motifs (C(OH)–C–C–N with tert-alkyl or cyclic N) is 2. The molecular weight excluding hydrogens is 411 g/mol. The molecule has 0 saturated carbocycles. The van der Waals surface area contributed by atoms with Gasteiger partial charge in [-0.25, -0.2) is 4.39 Å². The quantitative estimate of drug-likeness (QED) is 0.714. The van der Waals surface area contributed by atoms with E-state index in [0.717, 1.165) is 17.0 Å². The Kier molecular flexibility index (Phi) is 7.00. The number of rotatable bonds is 6. The molecule has 2 saturated heterocycles. The molecule has 32 heavy (non-hydrogen) atoms. The van der Waals surface area contributed by atoms with Crippen LogP contribution in [0, 0.1) is 12.7 Å². The normalized spacial score (nSPS) is 24.2. The number of aliphatic hydroxyl groups is 2. The van der Waals surface area contributed by atoms with E-state index in [-0.39, 0.29) is 19.0 Å². The molecule has 0 aromatic heterocycles. The van der Waals surface area contributed by atoms with Crippen LogP contribution >= 0.6 is 0 Å². The third-order valence-electron chi connectivity index (χ3n) is 6.34. The molecule has 2 aromatic rings. The third kappa shape index (κ3) is 5.98. The van der Waals surface area contributed by atoms with E-state index >= 15 is 0 Å². The van der Waals surface area contributed by atoms with Gasteiger partial charge in [0.2, 0.25) is 0 Å². The van der Waals surface area contributed by atoms with Crippen LogP contribution in [0.1, 0.15) is 18.4 Å². The van der Waals surface area contributed by atoms with Crippen LogP contribution in [0.5, 0.6) is 5.75 Å². The Hall–Kier alpha value is -2.19. The molecule has 1 unspecified atom stereocenters. The Bertz CT molecular complexity index is 886. The Morgan fingerprint density at radius 3 is 2.50 bits per heavy atom. The number of aryl methyl sites for hydroxylation is 1. The molecular formula is C25H33FN2O4. The molecule has 4 rings (SSSR count). The Morgan fingerprint density at radius 2 is 1.78 bits per heavy atom. The van der Waals surface area contributed by atoms with Gasteiger partial charge in [-0.2, -0.15) is 0 Å². The van der Waals surface area contributed by atoms with Gasteiger partial charge >= 0.3 is 0 Å². The second-order valence-electron chi connectivity index (χ2n) is 9.28.